The fraction of sp³-hybridized carbons (Fsp3) is 0.400. The molecule has 5 heteroatoms. The fourth-order valence-corrected chi connectivity index (χ4v) is 3.60. The Bertz CT molecular complexity index is 683. The van der Waals surface area contributed by atoms with E-state index in [1.165, 1.54) is 5.56 Å². The first-order chi connectivity index (χ1) is 12.2. The lowest BCUT2D eigenvalue weighted by Crippen LogP contribution is -2.33. The zero-order valence-electron chi connectivity index (χ0n) is 14.8. The van der Waals surface area contributed by atoms with Gasteiger partial charge in [0.2, 0.25) is 0 Å². The molecule has 1 N–H and O–H groups in total. The number of hydrogen-bond acceptors (Lipinski definition) is 4. The van der Waals surface area contributed by atoms with Crippen molar-refractivity contribution < 1.29 is 9.47 Å². The molecule has 0 spiro atoms. The highest BCUT2D eigenvalue weighted by Gasteiger charge is 2.26. The van der Waals surface area contributed by atoms with Crippen LogP contribution in [0.25, 0.3) is 0 Å². The van der Waals surface area contributed by atoms with Crippen LogP contribution < -0.4 is 14.8 Å². The summed E-state index contributed by atoms with van der Waals surface area (Å²) >= 11 is 6.32. The number of benzene rings is 2. The molecule has 3 rings (SSSR count). The summed E-state index contributed by atoms with van der Waals surface area (Å²) in [4.78, 5) is 2.50. The predicted octanol–water partition coefficient (Wildman–Crippen LogP) is 3.74. The minimum Gasteiger partial charge on any atom is -0.497 e. The predicted molar refractivity (Wildman–Crippen MR) is 102 cm³/mol. The number of halogens is 1. The minimum atomic E-state index is 0.0967. The van der Waals surface area contributed by atoms with E-state index in [1.54, 1.807) is 14.2 Å². The van der Waals surface area contributed by atoms with E-state index in [0.717, 1.165) is 54.7 Å². The molecule has 0 saturated carbocycles. The maximum Gasteiger partial charge on any atom is 0.124 e. The van der Waals surface area contributed by atoms with E-state index in [4.69, 9.17) is 21.1 Å². The Morgan fingerprint density at radius 1 is 1.00 bits per heavy atom. The minimum absolute atomic E-state index is 0.0967. The van der Waals surface area contributed by atoms with Crippen LogP contribution in [0.3, 0.4) is 0 Å². The first-order valence-corrected chi connectivity index (χ1v) is 9.03. The molecule has 0 aliphatic carbocycles. The highest BCUT2D eigenvalue weighted by molar-refractivity contribution is 6.30. The van der Waals surface area contributed by atoms with Crippen molar-refractivity contribution in [2.24, 2.45) is 0 Å². The lowest BCUT2D eigenvalue weighted by atomic mass is 9.95. The summed E-state index contributed by atoms with van der Waals surface area (Å²) in [5.41, 5.74) is 2.31. The monoisotopic (exact) mass is 360 g/mol. The van der Waals surface area contributed by atoms with E-state index in [-0.39, 0.29) is 6.04 Å². The molecular formula is C20H25ClN2O2. The third-order valence-corrected chi connectivity index (χ3v) is 4.89. The topological polar surface area (TPSA) is 33.7 Å². The van der Waals surface area contributed by atoms with Gasteiger partial charge in [-0.15, -0.1) is 0 Å². The van der Waals surface area contributed by atoms with Crippen molar-refractivity contribution in [3.05, 3.63) is 58.6 Å². The standard InChI is InChI=1S/C20H25ClN2O2/c1-24-17-7-4-15(5-8-17)20(23-12-3-10-22-11-13-23)18-14-16(21)6-9-19(18)25-2/h4-9,14,20,22H,3,10-13H2,1-2H3. The highest BCUT2D eigenvalue weighted by Crippen LogP contribution is 2.37. The molecule has 25 heavy (non-hydrogen) atoms. The van der Waals surface area contributed by atoms with Gasteiger partial charge in [-0.3, -0.25) is 4.90 Å². The molecule has 1 unspecified atom stereocenters. The summed E-state index contributed by atoms with van der Waals surface area (Å²) in [5, 5.41) is 4.20. The Morgan fingerprint density at radius 2 is 1.80 bits per heavy atom. The third kappa shape index (κ3) is 4.27. The summed E-state index contributed by atoms with van der Waals surface area (Å²) < 4.78 is 11.0. The van der Waals surface area contributed by atoms with Gasteiger partial charge in [0.1, 0.15) is 11.5 Å². The second-order valence-corrected chi connectivity index (χ2v) is 6.64. The lowest BCUT2D eigenvalue weighted by molar-refractivity contribution is 0.236. The SMILES string of the molecule is COc1ccc(C(c2cc(Cl)ccc2OC)N2CCCNCC2)cc1. The number of hydrogen-bond donors (Lipinski definition) is 1. The van der Waals surface area contributed by atoms with Crippen molar-refractivity contribution in [3.63, 3.8) is 0 Å². The molecule has 2 aromatic rings. The van der Waals surface area contributed by atoms with Gasteiger partial charge in [0.05, 0.1) is 20.3 Å². The lowest BCUT2D eigenvalue weighted by Gasteiger charge is -2.32. The van der Waals surface area contributed by atoms with Crippen molar-refractivity contribution in [1.29, 1.82) is 0 Å². The zero-order valence-corrected chi connectivity index (χ0v) is 15.6. The Hall–Kier alpha value is -1.75. The van der Waals surface area contributed by atoms with Crippen LogP contribution in [0.5, 0.6) is 11.5 Å². The summed E-state index contributed by atoms with van der Waals surface area (Å²) in [5.74, 6) is 1.72. The molecule has 1 atom stereocenters. The molecule has 0 bridgehead atoms. The summed E-state index contributed by atoms with van der Waals surface area (Å²) in [6, 6.07) is 14.2. The molecule has 134 valence electrons. The third-order valence-electron chi connectivity index (χ3n) is 4.66. The van der Waals surface area contributed by atoms with E-state index >= 15 is 0 Å². The molecule has 1 fully saturated rings. The van der Waals surface area contributed by atoms with Crippen molar-refractivity contribution in [1.82, 2.24) is 10.2 Å². The maximum atomic E-state index is 6.32. The number of rotatable bonds is 5. The second-order valence-electron chi connectivity index (χ2n) is 6.20. The Labute approximate surface area is 154 Å². The van der Waals surface area contributed by atoms with Crippen molar-refractivity contribution in [2.75, 3.05) is 40.4 Å². The smallest absolute Gasteiger partial charge is 0.124 e. The van der Waals surface area contributed by atoms with Gasteiger partial charge in [-0.1, -0.05) is 23.7 Å². The molecule has 0 aromatic heterocycles. The molecule has 4 nitrogen and oxygen atoms in total. The normalized spacial score (nSPS) is 16.9. The summed E-state index contributed by atoms with van der Waals surface area (Å²) in [7, 11) is 3.40. The van der Waals surface area contributed by atoms with Crippen LogP contribution in [0, 0.1) is 0 Å². The number of nitrogens with zero attached hydrogens (tertiary/aromatic N) is 1. The van der Waals surface area contributed by atoms with Crippen LogP contribution in [0.2, 0.25) is 5.02 Å². The number of nitrogens with one attached hydrogen (secondary N) is 1. The van der Waals surface area contributed by atoms with E-state index in [0.29, 0.717) is 0 Å². The molecule has 0 amide bonds. The molecule has 2 aromatic carbocycles. The second kappa shape index (κ2) is 8.56. The fourth-order valence-electron chi connectivity index (χ4n) is 3.42. The molecule has 1 aliphatic rings. The van der Waals surface area contributed by atoms with Crippen LogP contribution in [0.4, 0.5) is 0 Å². The van der Waals surface area contributed by atoms with E-state index in [2.05, 4.69) is 22.3 Å². The van der Waals surface area contributed by atoms with Gasteiger partial charge in [0.15, 0.2) is 0 Å². The molecule has 1 heterocycles. The first-order valence-electron chi connectivity index (χ1n) is 8.65. The van der Waals surface area contributed by atoms with Gasteiger partial charge in [0, 0.05) is 30.2 Å². The molecular weight excluding hydrogens is 336 g/mol. The Balaban J connectivity index is 2.05. The molecule has 1 saturated heterocycles. The summed E-state index contributed by atoms with van der Waals surface area (Å²) in [6.07, 6.45) is 1.12. The Morgan fingerprint density at radius 3 is 2.52 bits per heavy atom. The van der Waals surface area contributed by atoms with Crippen molar-refractivity contribution >= 4 is 11.6 Å². The van der Waals surface area contributed by atoms with Gasteiger partial charge in [-0.2, -0.15) is 0 Å². The van der Waals surface area contributed by atoms with Crippen molar-refractivity contribution in [2.45, 2.75) is 12.5 Å². The number of methoxy groups -OCH3 is 2. The largest absolute Gasteiger partial charge is 0.497 e. The number of ether oxygens (including phenoxy) is 2. The average molecular weight is 361 g/mol. The highest BCUT2D eigenvalue weighted by atomic mass is 35.5. The van der Waals surface area contributed by atoms with Gasteiger partial charge in [0.25, 0.3) is 0 Å². The average Bonchev–Trinajstić information content (AvgIpc) is 2.92. The first kappa shape index (κ1) is 18.1. The van der Waals surface area contributed by atoms with E-state index < -0.39 is 0 Å². The van der Waals surface area contributed by atoms with Gasteiger partial charge in [-0.05, 0) is 48.9 Å². The van der Waals surface area contributed by atoms with Crippen LogP contribution in [-0.2, 0) is 0 Å². The van der Waals surface area contributed by atoms with Gasteiger partial charge < -0.3 is 14.8 Å². The van der Waals surface area contributed by atoms with Crippen molar-refractivity contribution in [3.8, 4) is 11.5 Å². The maximum absolute atomic E-state index is 6.32. The quantitative estimate of drug-likeness (QED) is 0.880. The van der Waals surface area contributed by atoms with Crippen LogP contribution in [0.15, 0.2) is 42.5 Å². The Kier molecular flexibility index (Phi) is 6.19. The summed E-state index contributed by atoms with van der Waals surface area (Å²) in [6.45, 7) is 4.04. The molecule has 1 aliphatic heterocycles. The van der Waals surface area contributed by atoms with Gasteiger partial charge in [-0.25, -0.2) is 0 Å². The van der Waals surface area contributed by atoms with Crippen LogP contribution in [-0.4, -0.2) is 45.3 Å². The van der Waals surface area contributed by atoms with E-state index in [9.17, 15) is 0 Å². The van der Waals surface area contributed by atoms with Crippen LogP contribution in [0.1, 0.15) is 23.6 Å². The van der Waals surface area contributed by atoms with Crippen LogP contribution >= 0.6 is 11.6 Å². The van der Waals surface area contributed by atoms with E-state index in [1.807, 2.05) is 30.3 Å². The molecule has 0 radical (unpaired) electrons. The zero-order chi connectivity index (χ0) is 17.6. The van der Waals surface area contributed by atoms with Gasteiger partial charge >= 0.3 is 0 Å².